The molecule has 2 N–H and O–H groups in total. The summed E-state index contributed by atoms with van der Waals surface area (Å²) < 4.78 is 0. The average molecular weight is 377 g/mol. The lowest BCUT2D eigenvalue weighted by Crippen LogP contribution is -2.47. The van der Waals surface area contributed by atoms with E-state index in [1.807, 2.05) is 30.3 Å². The van der Waals surface area contributed by atoms with E-state index in [1.54, 1.807) is 0 Å². The van der Waals surface area contributed by atoms with E-state index in [0.717, 1.165) is 31.5 Å². The third-order valence-electron chi connectivity index (χ3n) is 5.23. The molecule has 27 heavy (non-hydrogen) atoms. The Hall–Kier alpha value is -1.39. The fraction of sp³-hybridized carbons (Fsp3) is 0.696. The van der Waals surface area contributed by atoms with Crippen molar-refractivity contribution in [2.24, 2.45) is 0 Å². The van der Waals surface area contributed by atoms with Gasteiger partial charge >= 0.3 is 0 Å². The molecule has 1 aromatic carbocycles. The molecule has 1 aromatic rings. The van der Waals surface area contributed by atoms with Crippen LogP contribution in [0.5, 0.6) is 0 Å². The van der Waals surface area contributed by atoms with E-state index in [0.29, 0.717) is 13.0 Å². The summed E-state index contributed by atoms with van der Waals surface area (Å²) in [4.78, 5) is 14.7. The molecular weight excluding hydrogens is 336 g/mol. The maximum Gasteiger partial charge on any atom is 0.220 e. The number of hydrogen-bond acceptors (Lipinski definition) is 3. The topological polar surface area (TPSA) is 52.6 Å². The number of likely N-dealkylation sites (N-methyl/N-ethyl adjacent to an activating group) is 1. The number of aliphatic hydroxyl groups is 1. The summed E-state index contributed by atoms with van der Waals surface area (Å²) in [6.45, 7) is 8.91. The molecule has 0 aliphatic heterocycles. The van der Waals surface area contributed by atoms with Crippen molar-refractivity contribution < 1.29 is 9.90 Å². The fourth-order valence-electron chi connectivity index (χ4n) is 3.39. The van der Waals surface area contributed by atoms with Gasteiger partial charge in [0.1, 0.15) is 6.10 Å². The maximum atomic E-state index is 12.4. The van der Waals surface area contributed by atoms with Gasteiger partial charge in [0.15, 0.2) is 0 Å². The molecule has 154 valence electrons. The highest BCUT2D eigenvalue weighted by Crippen LogP contribution is 2.18. The summed E-state index contributed by atoms with van der Waals surface area (Å²) in [7, 11) is 0. The van der Waals surface area contributed by atoms with E-state index in [-0.39, 0.29) is 11.9 Å². The Morgan fingerprint density at radius 3 is 2.15 bits per heavy atom. The zero-order chi connectivity index (χ0) is 19.9. The number of nitrogens with zero attached hydrogens (tertiary/aromatic N) is 1. The number of hydrogen-bond donors (Lipinski definition) is 2. The first-order chi connectivity index (χ1) is 13.1. The molecule has 0 unspecified atom stereocenters. The normalized spacial score (nSPS) is 13.5. The molecule has 2 atom stereocenters. The van der Waals surface area contributed by atoms with Crippen LogP contribution in [0.2, 0.25) is 0 Å². The highest BCUT2D eigenvalue weighted by atomic mass is 16.3. The second kappa shape index (κ2) is 14.6. The first-order valence-corrected chi connectivity index (χ1v) is 10.9. The van der Waals surface area contributed by atoms with Crippen LogP contribution in [0.15, 0.2) is 30.3 Å². The van der Waals surface area contributed by atoms with Gasteiger partial charge in [0.05, 0.1) is 6.04 Å². The lowest BCUT2D eigenvalue weighted by Gasteiger charge is -2.30. The fourth-order valence-corrected chi connectivity index (χ4v) is 3.39. The van der Waals surface area contributed by atoms with Crippen LogP contribution in [-0.4, -0.2) is 41.6 Å². The Bertz CT molecular complexity index is 488. The maximum absolute atomic E-state index is 12.4. The molecule has 4 nitrogen and oxygen atoms in total. The third-order valence-corrected chi connectivity index (χ3v) is 5.23. The first-order valence-electron chi connectivity index (χ1n) is 10.9. The minimum absolute atomic E-state index is 0.0516. The molecule has 0 saturated carbocycles. The standard InChI is InChI=1S/C23H40N2O2/c1-4-7-8-9-10-11-15-18-22(26)24-21(19-25(5-2)6-3)23(27)20-16-13-12-14-17-20/h12-14,16-17,21,23,27H,4-11,15,18-19H2,1-3H3,(H,24,26)/t21-,23+/m1/s1. The second-order valence-electron chi connectivity index (χ2n) is 7.39. The van der Waals surface area contributed by atoms with Crippen molar-refractivity contribution >= 4 is 5.91 Å². The molecule has 0 aliphatic carbocycles. The zero-order valence-corrected chi connectivity index (χ0v) is 17.6. The van der Waals surface area contributed by atoms with Gasteiger partial charge in [-0.1, -0.05) is 89.6 Å². The van der Waals surface area contributed by atoms with Gasteiger partial charge in [-0.15, -0.1) is 0 Å². The van der Waals surface area contributed by atoms with Crippen LogP contribution < -0.4 is 5.32 Å². The predicted molar refractivity (Wildman–Crippen MR) is 114 cm³/mol. The number of unbranched alkanes of at least 4 members (excludes halogenated alkanes) is 6. The Kier molecular flexibility index (Phi) is 12.8. The third kappa shape index (κ3) is 9.92. The van der Waals surface area contributed by atoms with Crippen LogP contribution in [0.4, 0.5) is 0 Å². The molecule has 4 heteroatoms. The molecule has 0 spiro atoms. The molecule has 1 amide bonds. The molecule has 0 heterocycles. The summed E-state index contributed by atoms with van der Waals surface area (Å²) in [5.74, 6) is 0.0516. The molecule has 0 saturated heterocycles. The van der Waals surface area contributed by atoms with Crippen LogP contribution in [0.25, 0.3) is 0 Å². The second-order valence-corrected chi connectivity index (χ2v) is 7.39. The quantitative estimate of drug-likeness (QED) is 0.437. The molecule has 0 aliphatic rings. The van der Waals surface area contributed by atoms with E-state index >= 15 is 0 Å². The van der Waals surface area contributed by atoms with Gasteiger partial charge in [0.2, 0.25) is 5.91 Å². The van der Waals surface area contributed by atoms with Crippen LogP contribution in [-0.2, 0) is 4.79 Å². The van der Waals surface area contributed by atoms with Crippen LogP contribution >= 0.6 is 0 Å². The first kappa shape index (κ1) is 23.6. The molecule has 1 rings (SSSR count). The Morgan fingerprint density at radius 1 is 0.963 bits per heavy atom. The molecule has 0 aromatic heterocycles. The Balaban J connectivity index is 2.51. The monoisotopic (exact) mass is 376 g/mol. The number of nitrogens with one attached hydrogen (secondary N) is 1. The van der Waals surface area contributed by atoms with Crippen LogP contribution in [0.3, 0.4) is 0 Å². The number of rotatable bonds is 15. The van der Waals surface area contributed by atoms with E-state index in [2.05, 4.69) is 31.0 Å². The van der Waals surface area contributed by atoms with E-state index in [1.165, 1.54) is 32.1 Å². The SMILES string of the molecule is CCCCCCCCCC(=O)N[C@H](CN(CC)CC)[C@@H](O)c1ccccc1. The number of benzene rings is 1. The number of carbonyl (C=O) groups excluding carboxylic acids is 1. The number of carbonyl (C=O) groups is 1. The Labute approximate surface area is 166 Å². The summed E-state index contributed by atoms with van der Waals surface area (Å²) in [6, 6.07) is 9.34. The van der Waals surface area contributed by atoms with Crippen molar-refractivity contribution in [1.82, 2.24) is 10.2 Å². The smallest absolute Gasteiger partial charge is 0.220 e. The molecule has 0 radical (unpaired) electrons. The Morgan fingerprint density at radius 2 is 1.56 bits per heavy atom. The van der Waals surface area contributed by atoms with Gasteiger partial charge in [-0.3, -0.25) is 4.79 Å². The highest BCUT2D eigenvalue weighted by Gasteiger charge is 2.24. The summed E-state index contributed by atoms with van der Waals surface area (Å²) in [5, 5.41) is 13.9. The average Bonchev–Trinajstić information content (AvgIpc) is 2.70. The lowest BCUT2D eigenvalue weighted by atomic mass is 10.0. The van der Waals surface area contributed by atoms with E-state index < -0.39 is 6.10 Å². The predicted octanol–water partition coefficient (Wildman–Crippen LogP) is 4.69. The largest absolute Gasteiger partial charge is 0.386 e. The lowest BCUT2D eigenvalue weighted by molar-refractivity contribution is -0.123. The van der Waals surface area contributed by atoms with E-state index in [4.69, 9.17) is 0 Å². The van der Waals surface area contributed by atoms with Gasteiger partial charge in [-0.05, 0) is 25.1 Å². The van der Waals surface area contributed by atoms with Gasteiger partial charge < -0.3 is 15.3 Å². The zero-order valence-electron chi connectivity index (χ0n) is 17.6. The van der Waals surface area contributed by atoms with Crippen molar-refractivity contribution in [1.29, 1.82) is 0 Å². The van der Waals surface area contributed by atoms with Crippen LogP contribution in [0, 0.1) is 0 Å². The van der Waals surface area contributed by atoms with Gasteiger partial charge in [-0.25, -0.2) is 0 Å². The summed E-state index contributed by atoms with van der Waals surface area (Å²) in [5.41, 5.74) is 0.853. The molecule has 0 bridgehead atoms. The number of aliphatic hydroxyl groups excluding tert-OH is 1. The van der Waals surface area contributed by atoms with Gasteiger partial charge in [0, 0.05) is 13.0 Å². The van der Waals surface area contributed by atoms with Crippen molar-refractivity contribution in [2.45, 2.75) is 84.3 Å². The molecule has 0 fully saturated rings. The minimum Gasteiger partial charge on any atom is -0.386 e. The summed E-state index contributed by atoms with van der Waals surface area (Å²) in [6.07, 6.45) is 8.25. The number of amides is 1. The molecular formula is C23H40N2O2. The van der Waals surface area contributed by atoms with E-state index in [9.17, 15) is 9.90 Å². The van der Waals surface area contributed by atoms with Crippen molar-refractivity contribution in [3.63, 3.8) is 0 Å². The minimum atomic E-state index is -0.690. The van der Waals surface area contributed by atoms with Crippen molar-refractivity contribution in [2.75, 3.05) is 19.6 Å². The van der Waals surface area contributed by atoms with Crippen LogP contribution in [0.1, 0.15) is 83.8 Å². The summed E-state index contributed by atoms with van der Waals surface area (Å²) >= 11 is 0. The van der Waals surface area contributed by atoms with Crippen molar-refractivity contribution in [3.8, 4) is 0 Å². The highest BCUT2D eigenvalue weighted by molar-refractivity contribution is 5.76. The van der Waals surface area contributed by atoms with Gasteiger partial charge in [-0.2, -0.15) is 0 Å². The van der Waals surface area contributed by atoms with Gasteiger partial charge in [0.25, 0.3) is 0 Å². The van der Waals surface area contributed by atoms with Crippen molar-refractivity contribution in [3.05, 3.63) is 35.9 Å².